The molecular formula is C18H15NO4S2. The fourth-order valence-electron chi connectivity index (χ4n) is 2.45. The lowest BCUT2D eigenvalue weighted by molar-refractivity contribution is -0.151. The average molecular weight is 373 g/mol. The Morgan fingerprint density at radius 3 is 2.72 bits per heavy atom. The van der Waals surface area contributed by atoms with E-state index in [0.29, 0.717) is 20.5 Å². The Bertz CT molecular complexity index is 815. The third kappa shape index (κ3) is 3.67. The zero-order valence-corrected chi connectivity index (χ0v) is 15.0. The van der Waals surface area contributed by atoms with Crippen LogP contribution in [0.2, 0.25) is 0 Å². The maximum Gasteiger partial charge on any atom is 0.333 e. The first kappa shape index (κ1) is 17.4. The van der Waals surface area contributed by atoms with Crippen molar-refractivity contribution >= 4 is 46.3 Å². The van der Waals surface area contributed by atoms with Crippen LogP contribution < -0.4 is 0 Å². The number of esters is 1. The zero-order valence-electron chi connectivity index (χ0n) is 13.4. The molecular weight excluding hydrogens is 358 g/mol. The monoisotopic (exact) mass is 373 g/mol. The molecule has 1 saturated heterocycles. The van der Waals surface area contributed by atoms with Crippen molar-refractivity contribution in [3.63, 3.8) is 0 Å². The van der Waals surface area contributed by atoms with Gasteiger partial charge in [-0.15, -0.1) is 0 Å². The number of thioether (sulfide) groups is 1. The second kappa shape index (κ2) is 7.67. The third-order valence-corrected chi connectivity index (χ3v) is 4.85. The number of nitrogens with zero attached hydrogens (tertiary/aromatic N) is 1. The van der Waals surface area contributed by atoms with Crippen molar-refractivity contribution in [3.05, 3.63) is 65.0 Å². The number of amides is 1. The van der Waals surface area contributed by atoms with Gasteiger partial charge in [0.05, 0.1) is 17.8 Å². The van der Waals surface area contributed by atoms with Gasteiger partial charge < -0.3 is 9.15 Å². The van der Waals surface area contributed by atoms with Gasteiger partial charge in [0.15, 0.2) is 6.04 Å². The van der Waals surface area contributed by atoms with Crippen molar-refractivity contribution in [2.24, 2.45) is 0 Å². The minimum absolute atomic E-state index is 0.221. The molecule has 25 heavy (non-hydrogen) atoms. The Balaban J connectivity index is 1.97. The van der Waals surface area contributed by atoms with Gasteiger partial charge >= 0.3 is 5.97 Å². The molecule has 1 aliphatic heterocycles. The Hall–Kier alpha value is -2.38. The Morgan fingerprint density at radius 2 is 2.08 bits per heavy atom. The third-order valence-electron chi connectivity index (χ3n) is 3.52. The van der Waals surface area contributed by atoms with Gasteiger partial charge in [0.25, 0.3) is 5.91 Å². The van der Waals surface area contributed by atoms with Crippen LogP contribution in [0.25, 0.3) is 6.08 Å². The first-order valence-corrected chi connectivity index (χ1v) is 8.86. The summed E-state index contributed by atoms with van der Waals surface area (Å²) < 4.78 is 10.7. The van der Waals surface area contributed by atoms with Crippen LogP contribution in [0.1, 0.15) is 24.3 Å². The highest BCUT2D eigenvalue weighted by atomic mass is 32.2. The number of furan rings is 1. The molecule has 1 aromatic heterocycles. The molecule has 1 aromatic carbocycles. The van der Waals surface area contributed by atoms with E-state index in [0.717, 1.165) is 11.8 Å². The highest BCUT2D eigenvalue weighted by Crippen LogP contribution is 2.38. The van der Waals surface area contributed by atoms with Gasteiger partial charge in [-0.2, -0.15) is 0 Å². The highest BCUT2D eigenvalue weighted by Gasteiger charge is 2.42. The topological polar surface area (TPSA) is 59.8 Å². The van der Waals surface area contributed by atoms with Crippen LogP contribution in [0, 0.1) is 0 Å². The molecule has 128 valence electrons. The van der Waals surface area contributed by atoms with E-state index in [4.69, 9.17) is 21.4 Å². The molecule has 0 spiro atoms. The van der Waals surface area contributed by atoms with Crippen molar-refractivity contribution in [1.29, 1.82) is 0 Å². The lowest BCUT2D eigenvalue weighted by atomic mass is 10.1. The number of ether oxygens (including phenoxy) is 1. The van der Waals surface area contributed by atoms with Crippen LogP contribution in [-0.2, 0) is 14.3 Å². The minimum Gasteiger partial charge on any atom is -0.465 e. The summed E-state index contributed by atoms with van der Waals surface area (Å²) in [6, 6.07) is 11.6. The fourth-order valence-corrected chi connectivity index (χ4v) is 3.75. The van der Waals surface area contributed by atoms with Gasteiger partial charge in [-0.25, -0.2) is 4.79 Å². The molecule has 5 nitrogen and oxygen atoms in total. The number of thiocarbonyl (C=S) groups is 1. The van der Waals surface area contributed by atoms with Crippen molar-refractivity contribution in [2.45, 2.75) is 13.0 Å². The van der Waals surface area contributed by atoms with Crippen molar-refractivity contribution < 1.29 is 18.7 Å². The molecule has 2 heterocycles. The van der Waals surface area contributed by atoms with Gasteiger partial charge in [0.1, 0.15) is 10.1 Å². The van der Waals surface area contributed by atoms with E-state index >= 15 is 0 Å². The van der Waals surface area contributed by atoms with Crippen LogP contribution in [-0.4, -0.2) is 27.7 Å². The lowest BCUT2D eigenvalue weighted by Gasteiger charge is -2.25. The van der Waals surface area contributed by atoms with Gasteiger partial charge in [0, 0.05) is 6.08 Å². The van der Waals surface area contributed by atoms with Crippen LogP contribution in [0.5, 0.6) is 0 Å². The van der Waals surface area contributed by atoms with Gasteiger partial charge in [-0.05, 0) is 24.6 Å². The van der Waals surface area contributed by atoms with Gasteiger partial charge in [0.2, 0.25) is 0 Å². The van der Waals surface area contributed by atoms with Crippen molar-refractivity contribution in [3.8, 4) is 0 Å². The van der Waals surface area contributed by atoms with Crippen LogP contribution in [0.4, 0.5) is 0 Å². The largest absolute Gasteiger partial charge is 0.465 e. The number of carbonyl (C=O) groups is 2. The summed E-state index contributed by atoms with van der Waals surface area (Å²) in [5, 5.41) is 0. The molecule has 0 aliphatic carbocycles. The summed E-state index contributed by atoms with van der Waals surface area (Å²) in [5.41, 5.74) is 0.650. The fraction of sp³-hybridized carbons (Fsp3) is 0.167. The summed E-state index contributed by atoms with van der Waals surface area (Å²) >= 11 is 6.50. The standard InChI is InChI=1S/C18H15NO4S2/c1-2-22-17(21)15(12-7-4-3-5-8-12)19-16(20)14(25-18(19)24)11-13-9-6-10-23-13/h3-11,15H,2H2,1H3/b14-11+. The number of hydrogen-bond acceptors (Lipinski definition) is 6. The van der Waals surface area contributed by atoms with E-state index < -0.39 is 12.0 Å². The maximum absolute atomic E-state index is 12.9. The summed E-state index contributed by atoms with van der Waals surface area (Å²) in [6.07, 6.45) is 3.14. The Morgan fingerprint density at radius 1 is 1.32 bits per heavy atom. The first-order chi connectivity index (χ1) is 12.1. The molecule has 3 rings (SSSR count). The SMILES string of the molecule is CCOC(=O)C(c1ccccc1)N1C(=O)/C(=C\c2ccco2)SC1=S. The second-order valence-corrected chi connectivity index (χ2v) is 6.81. The normalized spacial score (nSPS) is 17.2. The Labute approximate surface area is 154 Å². The summed E-state index contributed by atoms with van der Waals surface area (Å²) in [5.74, 6) is -0.301. The van der Waals surface area contributed by atoms with Crippen LogP contribution in [0.3, 0.4) is 0 Å². The van der Waals surface area contributed by atoms with E-state index in [9.17, 15) is 9.59 Å². The van der Waals surface area contributed by atoms with E-state index in [1.54, 1.807) is 49.4 Å². The van der Waals surface area contributed by atoms with Crippen LogP contribution >= 0.6 is 24.0 Å². The van der Waals surface area contributed by atoms with E-state index in [1.807, 2.05) is 6.07 Å². The molecule has 0 saturated carbocycles. The molecule has 0 N–H and O–H groups in total. The average Bonchev–Trinajstić information content (AvgIpc) is 3.20. The summed E-state index contributed by atoms with van der Waals surface area (Å²) in [6.45, 7) is 1.94. The maximum atomic E-state index is 12.9. The molecule has 1 unspecified atom stereocenters. The van der Waals surface area contributed by atoms with Crippen molar-refractivity contribution in [1.82, 2.24) is 4.90 Å². The predicted octanol–water partition coefficient (Wildman–Crippen LogP) is 3.79. The van der Waals surface area contributed by atoms with E-state index in [2.05, 4.69) is 0 Å². The number of rotatable bonds is 5. The number of carbonyl (C=O) groups excluding carboxylic acids is 2. The highest BCUT2D eigenvalue weighted by molar-refractivity contribution is 8.26. The molecule has 7 heteroatoms. The zero-order chi connectivity index (χ0) is 17.8. The van der Waals surface area contributed by atoms with Crippen LogP contribution in [0.15, 0.2) is 58.1 Å². The molecule has 0 bridgehead atoms. The predicted molar refractivity (Wildman–Crippen MR) is 99.5 cm³/mol. The molecule has 0 radical (unpaired) electrons. The molecule has 1 fully saturated rings. The molecule has 2 aromatic rings. The van der Waals surface area contributed by atoms with Crippen molar-refractivity contribution in [2.75, 3.05) is 6.61 Å². The smallest absolute Gasteiger partial charge is 0.333 e. The number of benzene rings is 1. The summed E-state index contributed by atoms with van der Waals surface area (Å²) in [7, 11) is 0. The van der Waals surface area contributed by atoms with Gasteiger partial charge in [-0.1, -0.05) is 54.3 Å². The molecule has 1 aliphatic rings. The number of hydrogen-bond donors (Lipinski definition) is 0. The summed E-state index contributed by atoms with van der Waals surface area (Å²) in [4.78, 5) is 27.1. The van der Waals surface area contributed by atoms with Gasteiger partial charge in [-0.3, -0.25) is 9.69 Å². The van der Waals surface area contributed by atoms with E-state index in [1.165, 1.54) is 11.2 Å². The molecule has 1 atom stereocenters. The Kier molecular flexibility index (Phi) is 5.35. The first-order valence-electron chi connectivity index (χ1n) is 7.64. The minimum atomic E-state index is -0.906. The van der Waals surface area contributed by atoms with E-state index in [-0.39, 0.29) is 12.5 Å². The lowest BCUT2D eigenvalue weighted by Crippen LogP contribution is -2.38. The second-order valence-electron chi connectivity index (χ2n) is 5.13. The molecule has 1 amide bonds. The quantitative estimate of drug-likeness (QED) is 0.452.